The molecule has 0 saturated carbocycles. The normalized spacial score (nSPS) is 10.1. The van der Waals surface area contributed by atoms with Crippen molar-refractivity contribution in [3.8, 4) is 11.5 Å². The van der Waals surface area contributed by atoms with Crippen molar-refractivity contribution < 1.29 is 23.9 Å². The maximum atomic E-state index is 12.6. The van der Waals surface area contributed by atoms with Crippen LogP contribution in [-0.2, 0) is 14.4 Å². The van der Waals surface area contributed by atoms with Crippen LogP contribution in [0.1, 0.15) is 6.92 Å². The molecule has 0 aliphatic heterocycles. The van der Waals surface area contributed by atoms with E-state index in [-0.39, 0.29) is 27.9 Å². The van der Waals surface area contributed by atoms with Gasteiger partial charge in [0, 0.05) is 24.7 Å². The summed E-state index contributed by atoms with van der Waals surface area (Å²) < 4.78 is 10.2. The third-order valence-electron chi connectivity index (χ3n) is 3.56. The van der Waals surface area contributed by atoms with Crippen LogP contribution in [0.25, 0.3) is 0 Å². The number of hydrogen-bond donors (Lipinski definition) is 2. The lowest BCUT2D eigenvalue weighted by atomic mass is 10.2. The fraction of sp³-hybridized carbons (Fsp3) is 0.167. The predicted octanol–water partition coefficient (Wildman–Crippen LogP) is 2.46. The fourth-order valence-corrected chi connectivity index (χ4v) is 2.57. The molecule has 8 nitrogen and oxygen atoms in total. The highest BCUT2D eigenvalue weighted by Crippen LogP contribution is 2.35. The molecule has 0 bridgehead atoms. The minimum absolute atomic E-state index is 0.160. The second-order valence-electron chi connectivity index (χ2n) is 5.40. The summed E-state index contributed by atoms with van der Waals surface area (Å²) in [5.41, 5.74) is 6.38. The van der Waals surface area contributed by atoms with Gasteiger partial charge in [-0.05, 0) is 18.2 Å². The van der Waals surface area contributed by atoms with Crippen LogP contribution in [0.3, 0.4) is 0 Å². The van der Waals surface area contributed by atoms with E-state index in [1.54, 1.807) is 12.1 Å². The number of nitrogens with zero attached hydrogens (tertiary/aromatic N) is 1. The molecule has 2 aromatic rings. The van der Waals surface area contributed by atoms with Gasteiger partial charge in [0.1, 0.15) is 11.5 Å². The SMILES string of the molecule is COc1cc(NC(=O)C(=O)N(C(C)=O)c2cccc(N)c2)c(OC)cc1Cl. The van der Waals surface area contributed by atoms with Gasteiger partial charge in [-0.3, -0.25) is 14.4 Å². The largest absolute Gasteiger partial charge is 0.495 e. The number of nitrogens with two attached hydrogens (primary N) is 1. The molecule has 0 radical (unpaired) electrons. The van der Waals surface area contributed by atoms with Crippen molar-refractivity contribution in [2.75, 3.05) is 30.2 Å². The van der Waals surface area contributed by atoms with E-state index in [9.17, 15) is 14.4 Å². The number of amides is 3. The fourth-order valence-electron chi connectivity index (χ4n) is 2.34. The lowest BCUT2D eigenvalue weighted by Gasteiger charge is -2.19. The summed E-state index contributed by atoms with van der Waals surface area (Å²) in [4.78, 5) is 37.7. The maximum Gasteiger partial charge on any atom is 0.323 e. The van der Waals surface area contributed by atoms with Crippen molar-refractivity contribution in [3.63, 3.8) is 0 Å². The zero-order valence-corrected chi connectivity index (χ0v) is 15.7. The van der Waals surface area contributed by atoms with E-state index in [4.69, 9.17) is 26.8 Å². The summed E-state index contributed by atoms with van der Waals surface area (Å²) >= 11 is 6.02. The number of carbonyl (C=O) groups excluding carboxylic acids is 3. The molecule has 0 aromatic heterocycles. The van der Waals surface area contributed by atoms with Gasteiger partial charge in [-0.1, -0.05) is 17.7 Å². The van der Waals surface area contributed by atoms with Crippen molar-refractivity contribution in [1.82, 2.24) is 0 Å². The predicted molar refractivity (Wildman–Crippen MR) is 102 cm³/mol. The third kappa shape index (κ3) is 4.48. The number of nitrogen functional groups attached to an aromatic ring is 1. The lowest BCUT2D eigenvalue weighted by Crippen LogP contribution is -2.42. The maximum absolute atomic E-state index is 12.6. The van der Waals surface area contributed by atoms with E-state index < -0.39 is 17.7 Å². The molecule has 0 fully saturated rings. The van der Waals surface area contributed by atoms with Gasteiger partial charge in [0.2, 0.25) is 5.91 Å². The van der Waals surface area contributed by atoms with Gasteiger partial charge in [-0.15, -0.1) is 0 Å². The Kier molecular flexibility index (Phi) is 6.25. The van der Waals surface area contributed by atoms with E-state index in [0.717, 1.165) is 4.90 Å². The minimum Gasteiger partial charge on any atom is -0.495 e. The highest BCUT2D eigenvalue weighted by molar-refractivity contribution is 6.48. The van der Waals surface area contributed by atoms with Crippen molar-refractivity contribution in [1.29, 1.82) is 0 Å². The summed E-state index contributed by atoms with van der Waals surface area (Å²) in [6.45, 7) is 1.17. The highest BCUT2D eigenvalue weighted by atomic mass is 35.5. The number of ether oxygens (including phenoxy) is 2. The average molecular weight is 392 g/mol. The topological polar surface area (TPSA) is 111 Å². The second-order valence-corrected chi connectivity index (χ2v) is 5.80. The van der Waals surface area contributed by atoms with Crippen molar-refractivity contribution in [2.24, 2.45) is 0 Å². The van der Waals surface area contributed by atoms with Crippen LogP contribution in [0.15, 0.2) is 36.4 Å². The summed E-state index contributed by atoms with van der Waals surface area (Å²) in [6.07, 6.45) is 0. The van der Waals surface area contributed by atoms with Gasteiger partial charge in [0.25, 0.3) is 0 Å². The van der Waals surface area contributed by atoms with Gasteiger partial charge in [0.15, 0.2) is 0 Å². The van der Waals surface area contributed by atoms with E-state index in [0.29, 0.717) is 5.69 Å². The van der Waals surface area contributed by atoms with Gasteiger partial charge in [-0.25, -0.2) is 4.90 Å². The Morgan fingerprint density at radius 1 is 1.07 bits per heavy atom. The first-order valence-corrected chi connectivity index (χ1v) is 8.09. The molecule has 0 heterocycles. The molecule has 9 heteroatoms. The number of methoxy groups -OCH3 is 2. The minimum atomic E-state index is -1.08. The number of nitrogens with one attached hydrogen (secondary N) is 1. The van der Waals surface area contributed by atoms with Crippen molar-refractivity contribution in [3.05, 3.63) is 41.4 Å². The quantitative estimate of drug-likeness (QED) is 0.611. The zero-order chi connectivity index (χ0) is 20.1. The molecule has 3 N–H and O–H groups in total. The smallest absolute Gasteiger partial charge is 0.323 e. The van der Waals surface area contributed by atoms with Crippen LogP contribution in [-0.4, -0.2) is 31.9 Å². The van der Waals surface area contributed by atoms with Crippen molar-refractivity contribution in [2.45, 2.75) is 6.92 Å². The molecule has 2 aromatic carbocycles. The Morgan fingerprint density at radius 2 is 1.74 bits per heavy atom. The second kappa shape index (κ2) is 8.41. The summed E-state index contributed by atoms with van der Waals surface area (Å²) in [5, 5.41) is 2.67. The Hall–Kier alpha value is -3.26. The molecule has 0 aliphatic rings. The van der Waals surface area contributed by atoms with E-state index in [1.807, 2.05) is 0 Å². The van der Waals surface area contributed by atoms with E-state index in [1.165, 1.54) is 45.4 Å². The standard InChI is InChI=1S/C18H18ClN3O5/c1-10(23)22(12-6-4-5-11(20)7-12)18(25)17(24)21-14-9-15(26-2)13(19)8-16(14)27-3/h4-9H,20H2,1-3H3,(H,21,24). The molecule has 0 aliphatic carbocycles. The molecule has 0 atom stereocenters. The van der Waals surface area contributed by atoms with Gasteiger partial charge in [0.05, 0.1) is 30.6 Å². The monoisotopic (exact) mass is 391 g/mol. The van der Waals surface area contributed by atoms with Crippen LogP contribution < -0.4 is 25.4 Å². The molecule has 0 saturated heterocycles. The molecular weight excluding hydrogens is 374 g/mol. The van der Waals surface area contributed by atoms with Gasteiger partial charge >= 0.3 is 11.8 Å². The molecule has 27 heavy (non-hydrogen) atoms. The van der Waals surface area contributed by atoms with Crippen LogP contribution >= 0.6 is 11.6 Å². The van der Waals surface area contributed by atoms with Gasteiger partial charge < -0.3 is 20.5 Å². The number of rotatable bonds is 4. The van der Waals surface area contributed by atoms with Crippen LogP contribution in [0.5, 0.6) is 11.5 Å². The summed E-state index contributed by atoms with van der Waals surface area (Å²) in [5.74, 6) is -2.26. The number of anilines is 3. The Morgan fingerprint density at radius 3 is 2.30 bits per heavy atom. The third-order valence-corrected chi connectivity index (χ3v) is 3.86. The van der Waals surface area contributed by atoms with Crippen LogP contribution in [0.4, 0.5) is 17.1 Å². The molecule has 3 amide bonds. The van der Waals surface area contributed by atoms with Crippen LogP contribution in [0.2, 0.25) is 5.02 Å². The van der Waals surface area contributed by atoms with Gasteiger partial charge in [-0.2, -0.15) is 0 Å². The van der Waals surface area contributed by atoms with E-state index >= 15 is 0 Å². The first-order valence-electron chi connectivity index (χ1n) is 7.71. The summed E-state index contributed by atoms with van der Waals surface area (Å²) in [6, 6.07) is 8.91. The first-order chi connectivity index (χ1) is 12.8. The number of imide groups is 1. The van der Waals surface area contributed by atoms with Crippen molar-refractivity contribution >= 4 is 46.4 Å². The van der Waals surface area contributed by atoms with Crippen LogP contribution in [0, 0.1) is 0 Å². The molecule has 0 unspecified atom stereocenters. The first kappa shape index (κ1) is 20.1. The number of halogens is 1. The molecule has 142 valence electrons. The zero-order valence-electron chi connectivity index (χ0n) is 14.9. The Balaban J connectivity index is 2.33. The molecular formula is C18H18ClN3O5. The number of carbonyl (C=O) groups is 3. The average Bonchev–Trinajstić information content (AvgIpc) is 2.62. The molecule has 2 rings (SSSR count). The molecule has 0 spiro atoms. The highest BCUT2D eigenvalue weighted by Gasteiger charge is 2.28. The Bertz CT molecular complexity index is 901. The summed E-state index contributed by atoms with van der Waals surface area (Å²) in [7, 11) is 2.78. The lowest BCUT2D eigenvalue weighted by molar-refractivity contribution is -0.136. The number of hydrogen-bond acceptors (Lipinski definition) is 6. The van der Waals surface area contributed by atoms with E-state index in [2.05, 4.69) is 5.32 Å². The number of benzene rings is 2. The Labute approximate surface area is 160 Å².